The molecule has 2 N–H and O–H groups in total. The Labute approximate surface area is 85.7 Å². The summed E-state index contributed by atoms with van der Waals surface area (Å²) in [5.41, 5.74) is 1.65. The van der Waals surface area contributed by atoms with Crippen molar-refractivity contribution in [1.29, 1.82) is 0 Å². The lowest BCUT2D eigenvalue weighted by atomic mass is 9.90. The Kier molecular flexibility index (Phi) is 2.73. The molecule has 0 spiro atoms. The Morgan fingerprint density at radius 3 is 2.79 bits per heavy atom. The van der Waals surface area contributed by atoms with E-state index in [1.807, 2.05) is 6.07 Å². The van der Waals surface area contributed by atoms with Gasteiger partial charge < -0.3 is 10.6 Å². The fraction of sp³-hybridized carbons (Fsp3) is 0.500. The van der Waals surface area contributed by atoms with Gasteiger partial charge >= 0.3 is 0 Å². The van der Waals surface area contributed by atoms with Crippen molar-refractivity contribution in [2.24, 2.45) is 5.41 Å². The van der Waals surface area contributed by atoms with Crippen molar-refractivity contribution in [2.75, 3.05) is 25.0 Å². The third-order valence-corrected chi connectivity index (χ3v) is 2.95. The Balaban J connectivity index is 1.88. The largest absolute Gasteiger partial charge is 0.384 e. The number of para-hydroxylation sites is 1. The maximum Gasteiger partial charge on any atom is 0.0340 e. The topological polar surface area (TPSA) is 24.1 Å². The minimum Gasteiger partial charge on any atom is -0.384 e. The summed E-state index contributed by atoms with van der Waals surface area (Å²) >= 11 is 0. The van der Waals surface area contributed by atoms with Crippen LogP contribution >= 0.6 is 0 Å². The van der Waals surface area contributed by atoms with Crippen molar-refractivity contribution in [3.63, 3.8) is 0 Å². The van der Waals surface area contributed by atoms with Gasteiger partial charge in [-0.25, -0.2) is 0 Å². The lowest BCUT2D eigenvalue weighted by Crippen LogP contribution is -2.28. The zero-order chi connectivity index (χ0) is 9.86. The lowest BCUT2D eigenvalue weighted by molar-refractivity contribution is 0.391. The molecule has 0 saturated carbocycles. The highest BCUT2D eigenvalue weighted by Crippen LogP contribution is 2.24. The molecule has 0 bridgehead atoms. The Morgan fingerprint density at radius 1 is 1.36 bits per heavy atom. The molecular weight excluding hydrogens is 172 g/mol. The number of hydrogen-bond acceptors (Lipinski definition) is 2. The van der Waals surface area contributed by atoms with Crippen LogP contribution in [0.25, 0.3) is 0 Å². The molecular formula is C12H18N2. The quantitative estimate of drug-likeness (QED) is 0.762. The summed E-state index contributed by atoms with van der Waals surface area (Å²) in [4.78, 5) is 0. The summed E-state index contributed by atoms with van der Waals surface area (Å²) in [6, 6.07) is 10.4. The van der Waals surface area contributed by atoms with Crippen LogP contribution in [0.2, 0.25) is 0 Å². The molecule has 1 aromatic rings. The van der Waals surface area contributed by atoms with Crippen molar-refractivity contribution < 1.29 is 0 Å². The molecule has 1 atom stereocenters. The molecule has 1 saturated heterocycles. The van der Waals surface area contributed by atoms with Gasteiger partial charge in [0.1, 0.15) is 0 Å². The molecule has 0 radical (unpaired) electrons. The van der Waals surface area contributed by atoms with E-state index in [0.717, 1.165) is 19.6 Å². The van der Waals surface area contributed by atoms with Gasteiger partial charge in [0, 0.05) is 18.8 Å². The van der Waals surface area contributed by atoms with E-state index in [0.29, 0.717) is 5.41 Å². The number of nitrogens with one attached hydrogen (secondary N) is 2. The molecule has 0 aliphatic carbocycles. The minimum atomic E-state index is 0.426. The number of anilines is 1. The molecule has 1 fully saturated rings. The molecule has 1 aliphatic rings. The van der Waals surface area contributed by atoms with Crippen LogP contribution in [0.3, 0.4) is 0 Å². The van der Waals surface area contributed by atoms with Crippen LogP contribution in [-0.4, -0.2) is 19.6 Å². The van der Waals surface area contributed by atoms with Gasteiger partial charge in [-0.05, 0) is 30.5 Å². The summed E-state index contributed by atoms with van der Waals surface area (Å²) in [5.74, 6) is 0. The van der Waals surface area contributed by atoms with Crippen molar-refractivity contribution >= 4 is 5.69 Å². The molecule has 1 heterocycles. The van der Waals surface area contributed by atoms with E-state index in [1.165, 1.54) is 12.1 Å². The smallest absolute Gasteiger partial charge is 0.0340 e. The lowest BCUT2D eigenvalue weighted by Gasteiger charge is -2.23. The SMILES string of the molecule is CC1(CNc2ccccc2)CCNC1. The zero-order valence-electron chi connectivity index (χ0n) is 8.72. The molecule has 1 aliphatic heterocycles. The average Bonchev–Trinajstić information content (AvgIpc) is 2.65. The van der Waals surface area contributed by atoms with Crippen molar-refractivity contribution in [2.45, 2.75) is 13.3 Å². The van der Waals surface area contributed by atoms with Crippen LogP contribution in [0.5, 0.6) is 0 Å². The monoisotopic (exact) mass is 190 g/mol. The van der Waals surface area contributed by atoms with Crippen LogP contribution in [0.15, 0.2) is 30.3 Å². The van der Waals surface area contributed by atoms with Crippen LogP contribution < -0.4 is 10.6 Å². The summed E-state index contributed by atoms with van der Waals surface area (Å²) in [6.45, 7) is 5.69. The highest BCUT2D eigenvalue weighted by atomic mass is 15.0. The molecule has 2 heteroatoms. The minimum absolute atomic E-state index is 0.426. The van der Waals surface area contributed by atoms with E-state index in [-0.39, 0.29) is 0 Å². The van der Waals surface area contributed by atoms with Gasteiger partial charge in [0.2, 0.25) is 0 Å². The number of benzene rings is 1. The third-order valence-electron chi connectivity index (χ3n) is 2.95. The predicted molar refractivity (Wildman–Crippen MR) is 60.5 cm³/mol. The summed E-state index contributed by atoms with van der Waals surface area (Å²) in [7, 11) is 0. The summed E-state index contributed by atoms with van der Waals surface area (Å²) in [6.07, 6.45) is 1.27. The first-order chi connectivity index (χ1) is 6.79. The fourth-order valence-corrected chi connectivity index (χ4v) is 1.89. The van der Waals surface area contributed by atoms with Crippen LogP contribution in [0.1, 0.15) is 13.3 Å². The second-order valence-corrected chi connectivity index (χ2v) is 4.46. The first-order valence-electron chi connectivity index (χ1n) is 5.28. The fourth-order valence-electron chi connectivity index (χ4n) is 1.89. The van der Waals surface area contributed by atoms with Crippen LogP contribution in [0, 0.1) is 5.41 Å². The highest BCUT2D eigenvalue weighted by molar-refractivity contribution is 5.42. The first-order valence-corrected chi connectivity index (χ1v) is 5.28. The standard InChI is InChI=1S/C12H18N2/c1-12(7-8-13-9-12)10-14-11-5-3-2-4-6-11/h2-6,13-14H,7-10H2,1H3. The second kappa shape index (κ2) is 4.01. The van der Waals surface area contributed by atoms with Crippen LogP contribution in [-0.2, 0) is 0 Å². The van der Waals surface area contributed by atoms with E-state index >= 15 is 0 Å². The molecule has 1 aromatic carbocycles. The molecule has 14 heavy (non-hydrogen) atoms. The van der Waals surface area contributed by atoms with Gasteiger partial charge in [-0.15, -0.1) is 0 Å². The molecule has 2 nitrogen and oxygen atoms in total. The average molecular weight is 190 g/mol. The molecule has 0 amide bonds. The predicted octanol–water partition coefficient (Wildman–Crippen LogP) is 2.10. The Morgan fingerprint density at radius 2 is 2.14 bits per heavy atom. The van der Waals surface area contributed by atoms with E-state index in [2.05, 4.69) is 41.8 Å². The number of rotatable bonds is 3. The maximum atomic E-state index is 3.49. The third kappa shape index (κ3) is 2.26. The van der Waals surface area contributed by atoms with Crippen molar-refractivity contribution in [1.82, 2.24) is 5.32 Å². The second-order valence-electron chi connectivity index (χ2n) is 4.46. The maximum absolute atomic E-state index is 3.49. The number of hydrogen-bond donors (Lipinski definition) is 2. The Hall–Kier alpha value is -1.02. The van der Waals surface area contributed by atoms with Crippen molar-refractivity contribution in [3.05, 3.63) is 30.3 Å². The van der Waals surface area contributed by atoms with Gasteiger partial charge in [-0.2, -0.15) is 0 Å². The van der Waals surface area contributed by atoms with Crippen LogP contribution in [0.4, 0.5) is 5.69 Å². The van der Waals surface area contributed by atoms with Gasteiger partial charge in [0.05, 0.1) is 0 Å². The van der Waals surface area contributed by atoms with E-state index in [1.54, 1.807) is 0 Å². The van der Waals surface area contributed by atoms with E-state index in [4.69, 9.17) is 0 Å². The molecule has 76 valence electrons. The molecule has 0 aromatic heterocycles. The van der Waals surface area contributed by atoms with E-state index in [9.17, 15) is 0 Å². The normalized spacial score (nSPS) is 26.4. The van der Waals surface area contributed by atoms with Gasteiger partial charge in [0.15, 0.2) is 0 Å². The van der Waals surface area contributed by atoms with Gasteiger partial charge in [0.25, 0.3) is 0 Å². The molecule has 1 unspecified atom stereocenters. The van der Waals surface area contributed by atoms with Gasteiger partial charge in [-0.1, -0.05) is 25.1 Å². The molecule has 2 rings (SSSR count). The highest BCUT2D eigenvalue weighted by Gasteiger charge is 2.27. The Bertz CT molecular complexity index is 276. The first kappa shape index (κ1) is 9.53. The zero-order valence-corrected chi connectivity index (χ0v) is 8.72. The van der Waals surface area contributed by atoms with Gasteiger partial charge in [-0.3, -0.25) is 0 Å². The van der Waals surface area contributed by atoms with E-state index < -0.39 is 0 Å². The summed E-state index contributed by atoms with van der Waals surface area (Å²) < 4.78 is 0. The summed E-state index contributed by atoms with van der Waals surface area (Å²) in [5, 5.41) is 6.90. The van der Waals surface area contributed by atoms with Crippen molar-refractivity contribution in [3.8, 4) is 0 Å².